The van der Waals surface area contributed by atoms with E-state index in [1.165, 1.54) is 21.9 Å². The second-order valence-electron chi connectivity index (χ2n) is 4.97. The van der Waals surface area contributed by atoms with E-state index < -0.39 is 0 Å². The van der Waals surface area contributed by atoms with Gasteiger partial charge in [-0.15, -0.1) is 0 Å². The van der Waals surface area contributed by atoms with Crippen molar-refractivity contribution in [3.8, 4) is 11.3 Å². The zero-order chi connectivity index (χ0) is 14.1. The summed E-state index contributed by atoms with van der Waals surface area (Å²) in [4.78, 5) is 4.22. The predicted octanol–water partition coefficient (Wildman–Crippen LogP) is 3.68. The molecule has 0 aliphatic carbocycles. The van der Waals surface area contributed by atoms with Gasteiger partial charge in [-0.05, 0) is 29.3 Å². The first-order valence-electron chi connectivity index (χ1n) is 6.67. The van der Waals surface area contributed by atoms with Crippen LogP contribution in [-0.2, 0) is 7.05 Å². The lowest BCUT2D eigenvalue weighted by Gasteiger charge is -2.11. The minimum Gasteiger partial charge on any atom is -0.232 e. The summed E-state index contributed by atoms with van der Waals surface area (Å²) in [5.41, 5.74) is 4.71. The molecule has 1 heterocycles. The number of aromatic nitrogens is 2. The normalized spacial score (nSPS) is 10.7. The summed E-state index contributed by atoms with van der Waals surface area (Å²) in [6.07, 6.45) is 5.55. The Morgan fingerprint density at radius 3 is 2.75 bits per heavy atom. The molecule has 0 unspecified atom stereocenters. The Labute approximate surface area is 119 Å². The molecule has 2 heteroatoms. The molecule has 3 rings (SSSR count). The average molecular weight is 261 g/mol. The topological polar surface area (TPSA) is 16.8 Å². The Hall–Kier alpha value is -2.48. The van der Waals surface area contributed by atoms with Gasteiger partial charge in [-0.25, -0.2) is 4.57 Å². The van der Waals surface area contributed by atoms with Gasteiger partial charge in [0.15, 0.2) is 6.20 Å². The van der Waals surface area contributed by atoms with E-state index in [1.807, 2.05) is 30.2 Å². The van der Waals surface area contributed by atoms with Crippen LogP contribution in [0.2, 0.25) is 0 Å². The van der Waals surface area contributed by atoms with Crippen molar-refractivity contribution < 1.29 is 4.57 Å². The predicted molar refractivity (Wildman–Crippen MR) is 83.2 cm³/mol. The van der Waals surface area contributed by atoms with Crippen molar-refractivity contribution in [2.45, 2.75) is 6.92 Å². The second-order valence-corrected chi connectivity index (χ2v) is 4.97. The van der Waals surface area contributed by atoms with Crippen LogP contribution in [0.1, 0.15) is 11.1 Å². The Morgan fingerprint density at radius 2 is 1.95 bits per heavy atom. The lowest BCUT2D eigenvalue weighted by molar-refractivity contribution is -0.663. The standard InChI is InChI=1S/C18H17N2/c1-4-14-11-19-12-20(3)18(14)17-10-9-15-7-5-6-8-16(15)13(17)2/h4-12H,1H2,2-3H3/q+1. The summed E-state index contributed by atoms with van der Waals surface area (Å²) in [5.74, 6) is 0. The highest BCUT2D eigenvalue weighted by atomic mass is 15.0. The molecule has 0 aliphatic heterocycles. The molecule has 20 heavy (non-hydrogen) atoms. The van der Waals surface area contributed by atoms with Crippen LogP contribution in [0.5, 0.6) is 0 Å². The van der Waals surface area contributed by atoms with Crippen LogP contribution in [0.15, 0.2) is 55.5 Å². The molecule has 98 valence electrons. The van der Waals surface area contributed by atoms with Crippen LogP contribution in [0.4, 0.5) is 0 Å². The smallest absolute Gasteiger partial charge is 0.232 e. The van der Waals surface area contributed by atoms with E-state index in [1.54, 1.807) is 0 Å². The zero-order valence-corrected chi connectivity index (χ0v) is 11.8. The molecule has 1 aromatic heterocycles. The summed E-state index contributed by atoms with van der Waals surface area (Å²) < 4.78 is 2.05. The molecule has 0 amide bonds. The van der Waals surface area contributed by atoms with Gasteiger partial charge < -0.3 is 0 Å². The Morgan fingerprint density at radius 1 is 1.15 bits per heavy atom. The largest absolute Gasteiger partial charge is 0.286 e. The monoisotopic (exact) mass is 261 g/mol. The SMILES string of the molecule is C=Cc1cnc[n+](C)c1-c1ccc2ccccc2c1C. The van der Waals surface area contributed by atoms with E-state index in [9.17, 15) is 0 Å². The Kier molecular flexibility index (Phi) is 3.07. The maximum absolute atomic E-state index is 4.22. The van der Waals surface area contributed by atoms with E-state index in [0.29, 0.717) is 0 Å². The van der Waals surface area contributed by atoms with Crippen molar-refractivity contribution in [1.82, 2.24) is 4.98 Å². The molecular weight excluding hydrogens is 244 g/mol. The van der Waals surface area contributed by atoms with E-state index in [4.69, 9.17) is 0 Å². The number of nitrogens with zero attached hydrogens (tertiary/aromatic N) is 2. The maximum atomic E-state index is 4.22. The van der Waals surface area contributed by atoms with Gasteiger partial charge in [0.25, 0.3) is 6.33 Å². The Balaban J connectivity index is 2.36. The number of benzene rings is 2. The van der Waals surface area contributed by atoms with Gasteiger partial charge in [0, 0.05) is 5.56 Å². The molecule has 0 spiro atoms. The number of fused-ring (bicyclic) bond motifs is 1. The third kappa shape index (κ3) is 1.90. The minimum atomic E-state index is 1.05. The van der Waals surface area contributed by atoms with Crippen molar-refractivity contribution >= 4 is 16.8 Å². The van der Waals surface area contributed by atoms with Crippen molar-refractivity contribution in [1.29, 1.82) is 0 Å². The molecule has 0 atom stereocenters. The van der Waals surface area contributed by atoms with E-state index in [2.05, 4.69) is 54.9 Å². The molecule has 0 N–H and O–H groups in total. The molecule has 0 saturated carbocycles. The van der Waals surface area contributed by atoms with Crippen LogP contribution in [-0.4, -0.2) is 4.98 Å². The second kappa shape index (κ2) is 4.89. The van der Waals surface area contributed by atoms with Crippen molar-refractivity contribution in [2.24, 2.45) is 7.05 Å². The molecule has 3 aromatic rings. The first kappa shape index (κ1) is 12.5. The van der Waals surface area contributed by atoms with Gasteiger partial charge in [0.1, 0.15) is 5.69 Å². The maximum Gasteiger partial charge on any atom is 0.286 e. The highest BCUT2D eigenvalue weighted by Gasteiger charge is 2.15. The van der Waals surface area contributed by atoms with Crippen molar-refractivity contribution in [3.63, 3.8) is 0 Å². The molecule has 2 aromatic carbocycles. The first-order valence-corrected chi connectivity index (χ1v) is 6.67. The average Bonchev–Trinajstić information content (AvgIpc) is 2.48. The molecule has 0 radical (unpaired) electrons. The molecule has 0 bridgehead atoms. The quantitative estimate of drug-likeness (QED) is 0.643. The van der Waals surface area contributed by atoms with Crippen LogP contribution in [0, 0.1) is 6.92 Å². The summed E-state index contributed by atoms with van der Waals surface area (Å²) in [6.45, 7) is 6.07. The van der Waals surface area contributed by atoms with E-state index >= 15 is 0 Å². The minimum absolute atomic E-state index is 1.05. The number of hydrogen-bond acceptors (Lipinski definition) is 1. The molecular formula is C18H17N2+. The molecule has 0 saturated heterocycles. The number of hydrogen-bond donors (Lipinski definition) is 0. The zero-order valence-electron chi connectivity index (χ0n) is 11.8. The van der Waals surface area contributed by atoms with Crippen molar-refractivity contribution in [3.05, 3.63) is 66.6 Å². The van der Waals surface area contributed by atoms with E-state index in [-0.39, 0.29) is 0 Å². The molecule has 0 fully saturated rings. The first-order chi connectivity index (χ1) is 9.72. The third-order valence-electron chi connectivity index (χ3n) is 3.75. The van der Waals surface area contributed by atoms with Crippen molar-refractivity contribution in [2.75, 3.05) is 0 Å². The van der Waals surface area contributed by atoms with Crippen LogP contribution < -0.4 is 4.57 Å². The van der Waals surface area contributed by atoms with Gasteiger partial charge in [0.2, 0.25) is 0 Å². The van der Waals surface area contributed by atoms with Gasteiger partial charge in [-0.3, -0.25) is 0 Å². The van der Waals surface area contributed by atoms with Crippen LogP contribution >= 0.6 is 0 Å². The molecule has 0 aliphatic rings. The third-order valence-corrected chi connectivity index (χ3v) is 3.75. The van der Waals surface area contributed by atoms with Crippen LogP contribution in [0.25, 0.3) is 28.1 Å². The summed E-state index contributed by atoms with van der Waals surface area (Å²) in [6, 6.07) is 12.8. The van der Waals surface area contributed by atoms with Gasteiger partial charge in [-0.2, -0.15) is 0 Å². The van der Waals surface area contributed by atoms with E-state index in [0.717, 1.165) is 11.3 Å². The number of rotatable bonds is 2. The molecule has 2 nitrogen and oxygen atoms in total. The summed E-state index contributed by atoms with van der Waals surface area (Å²) >= 11 is 0. The summed E-state index contributed by atoms with van der Waals surface area (Å²) in [7, 11) is 2.02. The van der Waals surface area contributed by atoms with Gasteiger partial charge in [0.05, 0.1) is 12.6 Å². The fraction of sp³-hybridized carbons (Fsp3) is 0.111. The highest BCUT2D eigenvalue weighted by molar-refractivity contribution is 5.91. The van der Waals surface area contributed by atoms with Gasteiger partial charge in [-0.1, -0.05) is 48.0 Å². The highest BCUT2D eigenvalue weighted by Crippen LogP contribution is 2.29. The lowest BCUT2D eigenvalue weighted by atomic mass is 9.96. The lowest BCUT2D eigenvalue weighted by Crippen LogP contribution is -2.32. The van der Waals surface area contributed by atoms with Gasteiger partial charge >= 0.3 is 0 Å². The Bertz CT molecular complexity index is 804. The fourth-order valence-corrected chi connectivity index (χ4v) is 2.71. The summed E-state index contributed by atoms with van der Waals surface area (Å²) in [5, 5.41) is 2.56. The fourth-order valence-electron chi connectivity index (χ4n) is 2.71. The van der Waals surface area contributed by atoms with Crippen LogP contribution in [0.3, 0.4) is 0 Å². The number of aryl methyl sites for hydroxylation is 2.